The van der Waals surface area contributed by atoms with Gasteiger partial charge in [-0.2, -0.15) is 0 Å². The third-order valence-corrected chi connectivity index (χ3v) is 4.58. The quantitative estimate of drug-likeness (QED) is 0.677. The fraction of sp³-hybridized carbons (Fsp3) is 0.353. The Bertz CT molecular complexity index is 809. The van der Waals surface area contributed by atoms with E-state index in [4.69, 9.17) is 0 Å². The summed E-state index contributed by atoms with van der Waals surface area (Å²) in [6.07, 6.45) is 1.72. The second-order valence-electron chi connectivity index (χ2n) is 6.03. The summed E-state index contributed by atoms with van der Waals surface area (Å²) in [5, 5.41) is 20.7. The molecular weight excluding hydrogens is 312 g/mol. The van der Waals surface area contributed by atoms with Gasteiger partial charge in [0.05, 0.1) is 16.4 Å². The van der Waals surface area contributed by atoms with Crippen LogP contribution in [0.2, 0.25) is 0 Å². The highest BCUT2D eigenvalue weighted by Gasteiger charge is 2.43. The molecule has 24 heavy (non-hydrogen) atoms. The lowest BCUT2D eigenvalue weighted by molar-refractivity contribution is -0.384. The van der Waals surface area contributed by atoms with Crippen molar-refractivity contribution in [3.8, 4) is 0 Å². The van der Waals surface area contributed by atoms with Gasteiger partial charge in [-0.15, -0.1) is 0 Å². The number of aliphatic imine (C=N–C) groups is 1. The van der Waals surface area contributed by atoms with Gasteiger partial charge in [-0.3, -0.25) is 19.9 Å². The van der Waals surface area contributed by atoms with E-state index in [-0.39, 0.29) is 17.0 Å². The molecule has 3 rings (SSSR count). The van der Waals surface area contributed by atoms with E-state index >= 15 is 0 Å². The first-order valence-electron chi connectivity index (χ1n) is 7.68. The Hall–Kier alpha value is -2.83. The van der Waals surface area contributed by atoms with Crippen LogP contribution < -0.4 is 0 Å². The number of nitrogens with zero attached hydrogens (tertiary/aromatic N) is 2. The van der Waals surface area contributed by atoms with E-state index in [2.05, 4.69) is 4.99 Å². The zero-order valence-corrected chi connectivity index (χ0v) is 13.1. The molecule has 0 saturated heterocycles. The number of rotatable bonds is 3. The first-order valence-corrected chi connectivity index (χ1v) is 7.68. The van der Waals surface area contributed by atoms with Crippen molar-refractivity contribution in [3.05, 3.63) is 51.2 Å². The molecule has 7 nitrogen and oxygen atoms in total. The summed E-state index contributed by atoms with van der Waals surface area (Å²) in [4.78, 5) is 39.1. The minimum absolute atomic E-state index is 0.0412. The normalized spacial score (nSPS) is 23.5. The van der Waals surface area contributed by atoms with Crippen molar-refractivity contribution in [2.75, 3.05) is 0 Å². The Morgan fingerprint density at radius 1 is 1.33 bits per heavy atom. The van der Waals surface area contributed by atoms with Crippen LogP contribution in [0, 0.1) is 16.0 Å². The molecule has 0 aromatic heterocycles. The van der Waals surface area contributed by atoms with Gasteiger partial charge < -0.3 is 5.11 Å². The molecule has 124 valence electrons. The average Bonchev–Trinajstić information content (AvgIpc) is 2.53. The number of carboxylic acid groups (broad SMARTS) is 1. The topological polar surface area (TPSA) is 110 Å². The van der Waals surface area contributed by atoms with E-state index in [0.717, 1.165) is 0 Å². The molecule has 1 fully saturated rings. The molecule has 0 bridgehead atoms. The Kier molecular flexibility index (Phi) is 4.01. The molecule has 2 unspecified atom stereocenters. The smallest absolute Gasteiger partial charge is 0.334 e. The highest BCUT2D eigenvalue weighted by molar-refractivity contribution is 6.11. The monoisotopic (exact) mass is 328 g/mol. The number of fused-ring (bicyclic) bond motifs is 1. The van der Waals surface area contributed by atoms with Crippen LogP contribution in [0.5, 0.6) is 0 Å². The van der Waals surface area contributed by atoms with Crippen LogP contribution in [0.3, 0.4) is 0 Å². The van der Waals surface area contributed by atoms with E-state index < -0.39 is 22.7 Å². The number of benzene rings is 1. The Balaban J connectivity index is 2.19. The summed E-state index contributed by atoms with van der Waals surface area (Å²) in [5.41, 5.74) is 1.43. The van der Waals surface area contributed by atoms with E-state index in [1.807, 2.05) is 0 Å². The zero-order chi connectivity index (χ0) is 17.4. The largest absolute Gasteiger partial charge is 0.478 e. The van der Waals surface area contributed by atoms with Gasteiger partial charge >= 0.3 is 5.97 Å². The van der Waals surface area contributed by atoms with Crippen LogP contribution in [0.25, 0.3) is 0 Å². The van der Waals surface area contributed by atoms with Gasteiger partial charge in [-0.1, -0.05) is 12.1 Å². The molecule has 1 saturated carbocycles. The van der Waals surface area contributed by atoms with E-state index in [9.17, 15) is 24.8 Å². The van der Waals surface area contributed by atoms with Crippen molar-refractivity contribution in [1.29, 1.82) is 0 Å². The number of carbonyl (C=O) groups is 2. The number of allylic oxidation sites excluding steroid dienone is 1. The molecule has 2 aliphatic rings. The predicted octanol–water partition coefficient (Wildman–Crippen LogP) is 2.86. The lowest BCUT2D eigenvalue weighted by Gasteiger charge is -2.34. The molecule has 1 aromatic carbocycles. The number of non-ortho nitro benzene ring substituents is 1. The summed E-state index contributed by atoms with van der Waals surface area (Å²) in [6.45, 7) is 1.61. The number of carbonyl (C=O) groups excluding carboxylic acids is 1. The molecule has 0 amide bonds. The van der Waals surface area contributed by atoms with Crippen LogP contribution in [0.1, 0.15) is 37.7 Å². The standard InChI is InChI=1S/C17H16N2O5/c1-9-14(17(21)22)15(10-4-2-5-11(8-10)19(23)24)16-12(18-9)6-3-7-13(16)20/h2,4-5,8,15-16H,3,6-7H2,1H3,(H,21,22). The van der Waals surface area contributed by atoms with E-state index in [1.54, 1.807) is 13.0 Å². The second-order valence-corrected chi connectivity index (χ2v) is 6.03. The van der Waals surface area contributed by atoms with Gasteiger partial charge in [0, 0.05) is 35.9 Å². The molecule has 1 aliphatic carbocycles. The number of aliphatic carboxylic acids is 1. The molecule has 1 aliphatic heterocycles. The molecule has 7 heteroatoms. The number of ketones is 1. The van der Waals surface area contributed by atoms with Crippen molar-refractivity contribution in [1.82, 2.24) is 0 Å². The van der Waals surface area contributed by atoms with Crippen molar-refractivity contribution in [2.45, 2.75) is 32.1 Å². The number of Topliss-reactive ketones (excluding diaryl/α,β-unsaturated/α-hetero) is 1. The van der Waals surface area contributed by atoms with Gasteiger partial charge in [-0.25, -0.2) is 4.79 Å². The minimum atomic E-state index is -1.15. The fourth-order valence-corrected chi connectivity index (χ4v) is 3.59. The zero-order valence-electron chi connectivity index (χ0n) is 13.1. The minimum Gasteiger partial charge on any atom is -0.478 e. The molecular formula is C17H16N2O5. The molecule has 0 radical (unpaired) electrons. The maximum atomic E-state index is 12.5. The fourth-order valence-electron chi connectivity index (χ4n) is 3.59. The summed E-state index contributed by atoms with van der Waals surface area (Å²) < 4.78 is 0. The van der Waals surface area contributed by atoms with Crippen LogP contribution in [0.15, 0.2) is 40.5 Å². The van der Waals surface area contributed by atoms with Gasteiger partial charge in [-0.05, 0) is 25.3 Å². The number of nitro groups is 1. The SMILES string of the molecule is CC1=C(C(=O)O)C(c2cccc([N+](=O)[O-])c2)C2C(=O)CCCC2=N1. The molecule has 1 aromatic rings. The van der Waals surface area contributed by atoms with Crippen molar-refractivity contribution >= 4 is 23.2 Å². The summed E-state index contributed by atoms with van der Waals surface area (Å²) in [5.74, 6) is -2.58. The van der Waals surface area contributed by atoms with Gasteiger partial charge in [0.1, 0.15) is 5.78 Å². The number of hydrogen-bond donors (Lipinski definition) is 1. The summed E-state index contributed by atoms with van der Waals surface area (Å²) in [7, 11) is 0. The lowest BCUT2D eigenvalue weighted by Crippen LogP contribution is -2.38. The van der Waals surface area contributed by atoms with Gasteiger partial charge in [0.25, 0.3) is 5.69 Å². The van der Waals surface area contributed by atoms with Gasteiger partial charge in [0.15, 0.2) is 0 Å². The maximum Gasteiger partial charge on any atom is 0.334 e. The third kappa shape index (κ3) is 2.62. The van der Waals surface area contributed by atoms with Crippen molar-refractivity contribution in [3.63, 3.8) is 0 Å². The van der Waals surface area contributed by atoms with Crippen LogP contribution in [-0.2, 0) is 9.59 Å². The van der Waals surface area contributed by atoms with Crippen molar-refractivity contribution < 1.29 is 19.6 Å². The second kappa shape index (κ2) is 5.99. The van der Waals surface area contributed by atoms with E-state index in [1.165, 1.54) is 18.2 Å². The maximum absolute atomic E-state index is 12.5. The van der Waals surface area contributed by atoms with Crippen LogP contribution in [0.4, 0.5) is 5.69 Å². The number of hydrogen-bond acceptors (Lipinski definition) is 5. The number of carboxylic acids is 1. The van der Waals surface area contributed by atoms with E-state index in [0.29, 0.717) is 36.2 Å². The molecule has 0 spiro atoms. The first kappa shape index (κ1) is 16.0. The van der Waals surface area contributed by atoms with Gasteiger partial charge in [0.2, 0.25) is 0 Å². The summed E-state index contributed by atoms with van der Waals surface area (Å²) in [6, 6.07) is 5.85. The first-order chi connectivity index (χ1) is 11.4. The highest BCUT2D eigenvalue weighted by atomic mass is 16.6. The lowest BCUT2D eigenvalue weighted by atomic mass is 9.69. The molecule has 2 atom stereocenters. The Morgan fingerprint density at radius 2 is 2.08 bits per heavy atom. The number of nitro benzene ring substituents is 1. The van der Waals surface area contributed by atoms with Crippen molar-refractivity contribution in [2.24, 2.45) is 10.9 Å². The highest BCUT2D eigenvalue weighted by Crippen LogP contribution is 2.43. The van der Waals surface area contributed by atoms with Crippen LogP contribution in [-0.4, -0.2) is 27.5 Å². The summed E-state index contributed by atoms with van der Waals surface area (Å²) >= 11 is 0. The Morgan fingerprint density at radius 3 is 2.75 bits per heavy atom. The molecule has 1 N–H and O–H groups in total. The third-order valence-electron chi connectivity index (χ3n) is 4.58. The molecule has 1 heterocycles. The Labute approximate surface area is 137 Å². The average molecular weight is 328 g/mol. The van der Waals surface area contributed by atoms with Crippen LogP contribution >= 0.6 is 0 Å². The predicted molar refractivity (Wildman–Crippen MR) is 86.0 cm³/mol.